The minimum atomic E-state index is -1.28. The first-order valence-corrected chi connectivity index (χ1v) is 5.65. The van der Waals surface area contributed by atoms with Gasteiger partial charge < -0.3 is 9.84 Å². The zero-order valence-electron chi connectivity index (χ0n) is 10.5. The van der Waals surface area contributed by atoms with Gasteiger partial charge in [0.1, 0.15) is 0 Å². The lowest BCUT2D eigenvalue weighted by Crippen LogP contribution is -2.03. The molecule has 1 aromatic carbocycles. The Hall–Kier alpha value is -2.76. The third kappa shape index (κ3) is 2.80. The molecule has 2 aromatic rings. The van der Waals surface area contributed by atoms with Crippen LogP contribution in [0.3, 0.4) is 0 Å². The first-order valence-electron chi connectivity index (χ1n) is 5.65. The number of carbonyl (C=O) groups excluding carboxylic acids is 1. The zero-order valence-corrected chi connectivity index (χ0v) is 10.5. The minimum Gasteiger partial charge on any atom is -0.476 e. The van der Waals surface area contributed by atoms with Crippen molar-refractivity contribution in [2.24, 2.45) is 0 Å². The van der Waals surface area contributed by atoms with E-state index in [1.807, 2.05) is 0 Å². The van der Waals surface area contributed by atoms with Crippen molar-refractivity contribution in [1.29, 1.82) is 0 Å². The molecule has 1 aromatic heterocycles. The average molecular weight is 275 g/mol. The second kappa shape index (κ2) is 5.48. The quantitative estimate of drug-likeness (QED) is 0.868. The van der Waals surface area contributed by atoms with E-state index in [4.69, 9.17) is 9.84 Å². The zero-order chi connectivity index (χ0) is 14.7. The Morgan fingerprint density at radius 3 is 2.60 bits per heavy atom. The average Bonchev–Trinajstić information content (AvgIpc) is 2.41. The van der Waals surface area contributed by atoms with Gasteiger partial charge in [-0.25, -0.2) is 14.2 Å². The molecule has 0 unspecified atom stereocenters. The van der Waals surface area contributed by atoms with Crippen LogP contribution < -0.4 is 4.74 Å². The lowest BCUT2D eigenvalue weighted by atomic mass is 10.1. The van der Waals surface area contributed by atoms with Gasteiger partial charge in [0.2, 0.25) is 0 Å². The maximum absolute atomic E-state index is 13.8. The number of ether oxygens (including phenoxy) is 1. The normalized spacial score (nSPS) is 10.1. The number of pyridine rings is 1. The van der Waals surface area contributed by atoms with Crippen molar-refractivity contribution in [2.75, 3.05) is 0 Å². The molecule has 0 bridgehead atoms. The van der Waals surface area contributed by atoms with Crippen molar-refractivity contribution in [1.82, 2.24) is 4.98 Å². The van der Waals surface area contributed by atoms with Gasteiger partial charge >= 0.3 is 5.97 Å². The summed E-state index contributed by atoms with van der Waals surface area (Å²) in [7, 11) is 0. The highest BCUT2D eigenvalue weighted by atomic mass is 19.1. The summed E-state index contributed by atoms with van der Waals surface area (Å²) in [6.07, 6.45) is 1.30. The molecule has 0 radical (unpaired) electrons. The van der Waals surface area contributed by atoms with Crippen LogP contribution in [0.15, 0.2) is 36.5 Å². The Morgan fingerprint density at radius 2 is 2.00 bits per heavy atom. The molecule has 0 aliphatic heterocycles. The van der Waals surface area contributed by atoms with Gasteiger partial charge in [0.25, 0.3) is 0 Å². The lowest BCUT2D eigenvalue weighted by Gasteiger charge is -2.09. The van der Waals surface area contributed by atoms with Gasteiger partial charge in [-0.2, -0.15) is 0 Å². The Labute approximate surface area is 113 Å². The largest absolute Gasteiger partial charge is 0.476 e. The van der Waals surface area contributed by atoms with E-state index < -0.39 is 11.8 Å². The number of nitrogens with zero attached hydrogens (tertiary/aromatic N) is 1. The van der Waals surface area contributed by atoms with E-state index in [9.17, 15) is 14.0 Å². The monoisotopic (exact) mass is 275 g/mol. The number of aromatic nitrogens is 1. The van der Waals surface area contributed by atoms with Crippen molar-refractivity contribution in [3.05, 3.63) is 53.6 Å². The van der Waals surface area contributed by atoms with Gasteiger partial charge in [0.15, 0.2) is 28.8 Å². The molecule has 0 spiro atoms. The number of halogens is 1. The van der Waals surface area contributed by atoms with E-state index in [1.165, 1.54) is 37.4 Å². The molecule has 0 aliphatic rings. The number of benzene rings is 1. The van der Waals surface area contributed by atoms with Crippen LogP contribution in [0, 0.1) is 5.82 Å². The second-order valence-corrected chi connectivity index (χ2v) is 3.96. The summed E-state index contributed by atoms with van der Waals surface area (Å²) in [6.45, 7) is 1.32. The first kappa shape index (κ1) is 13.7. The van der Waals surface area contributed by atoms with E-state index >= 15 is 0 Å². The number of Topliss-reactive ketones (excluding diaryl/α,β-unsaturated/α-hetero) is 1. The number of carboxylic acid groups (broad SMARTS) is 1. The lowest BCUT2D eigenvalue weighted by molar-refractivity contribution is 0.0687. The number of ketones is 1. The summed E-state index contributed by atoms with van der Waals surface area (Å²) in [5, 5.41) is 8.95. The maximum atomic E-state index is 13.8. The number of rotatable bonds is 4. The highest BCUT2D eigenvalue weighted by Gasteiger charge is 2.15. The van der Waals surface area contributed by atoms with Crippen LogP contribution in [-0.2, 0) is 0 Å². The van der Waals surface area contributed by atoms with E-state index in [2.05, 4.69) is 4.98 Å². The van der Waals surface area contributed by atoms with Crippen molar-refractivity contribution in [2.45, 2.75) is 6.92 Å². The van der Waals surface area contributed by atoms with Crippen LogP contribution in [-0.4, -0.2) is 21.8 Å². The van der Waals surface area contributed by atoms with Gasteiger partial charge in [-0.05, 0) is 37.3 Å². The summed E-state index contributed by atoms with van der Waals surface area (Å²) in [5.41, 5.74) is -0.109. The van der Waals surface area contributed by atoms with Crippen molar-refractivity contribution in [3.63, 3.8) is 0 Å². The molecule has 0 amide bonds. The summed E-state index contributed by atoms with van der Waals surface area (Å²) >= 11 is 0. The predicted octanol–water partition coefficient (Wildman–Crippen LogP) is 2.91. The van der Waals surface area contributed by atoms with Gasteiger partial charge in [-0.1, -0.05) is 0 Å². The Bertz CT molecular complexity index is 685. The van der Waals surface area contributed by atoms with E-state index in [0.717, 1.165) is 6.07 Å². The molecular formula is C14H10FNO4. The summed E-state index contributed by atoms with van der Waals surface area (Å²) in [5.74, 6) is -2.55. The fourth-order valence-electron chi connectivity index (χ4n) is 1.55. The molecule has 20 heavy (non-hydrogen) atoms. The van der Waals surface area contributed by atoms with E-state index in [0.29, 0.717) is 0 Å². The predicted molar refractivity (Wildman–Crippen MR) is 67.7 cm³/mol. The smallest absolute Gasteiger partial charge is 0.358 e. The van der Waals surface area contributed by atoms with Crippen LogP contribution in [0.1, 0.15) is 27.8 Å². The molecular weight excluding hydrogens is 265 g/mol. The van der Waals surface area contributed by atoms with Crippen LogP contribution in [0.5, 0.6) is 11.5 Å². The molecule has 6 heteroatoms. The van der Waals surface area contributed by atoms with E-state index in [1.54, 1.807) is 0 Å². The molecule has 102 valence electrons. The van der Waals surface area contributed by atoms with Crippen LogP contribution in [0.25, 0.3) is 0 Å². The van der Waals surface area contributed by atoms with Gasteiger partial charge in [-0.3, -0.25) is 4.79 Å². The topological polar surface area (TPSA) is 76.5 Å². The maximum Gasteiger partial charge on any atom is 0.358 e. The molecule has 0 saturated carbocycles. The molecule has 0 atom stereocenters. The van der Waals surface area contributed by atoms with Crippen LogP contribution >= 0.6 is 0 Å². The third-order valence-corrected chi connectivity index (χ3v) is 2.53. The van der Waals surface area contributed by atoms with Gasteiger partial charge in [0.05, 0.1) is 0 Å². The van der Waals surface area contributed by atoms with Crippen LogP contribution in [0.2, 0.25) is 0 Å². The molecule has 0 fully saturated rings. The summed E-state index contributed by atoms with van der Waals surface area (Å²) in [4.78, 5) is 25.7. The SMILES string of the molecule is CC(=O)c1ccc(Oc2cccnc2C(=O)O)c(F)c1. The fraction of sp³-hybridized carbons (Fsp3) is 0.0714. The number of hydrogen-bond acceptors (Lipinski definition) is 4. The second-order valence-electron chi connectivity index (χ2n) is 3.96. The van der Waals surface area contributed by atoms with Gasteiger partial charge in [-0.15, -0.1) is 0 Å². The van der Waals surface area contributed by atoms with Crippen molar-refractivity contribution >= 4 is 11.8 Å². The summed E-state index contributed by atoms with van der Waals surface area (Å²) in [6, 6.07) is 6.55. The Balaban J connectivity index is 2.36. The number of aromatic carboxylic acids is 1. The van der Waals surface area contributed by atoms with E-state index in [-0.39, 0.29) is 28.5 Å². The fourth-order valence-corrected chi connectivity index (χ4v) is 1.55. The highest BCUT2D eigenvalue weighted by molar-refractivity contribution is 5.94. The Kier molecular flexibility index (Phi) is 3.74. The van der Waals surface area contributed by atoms with Crippen molar-refractivity contribution < 1.29 is 23.8 Å². The van der Waals surface area contributed by atoms with Gasteiger partial charge in [0, 0.05) is 11.8 Å². The van der Waals surface area contributed by atoms with Crippen LogP contribution in [0.4, 0.5) is 4.39 Å². The highest BCUT2D eigenvalue weighted by Crippen LogP contribution is 2.27. The number of carboxylic acids is 1. The Morgan fingerprint density at radius 1 is 1.25 bits per heavy atom. The molecule has 2 rings (SSSR count). The summed E-state index contributed by atoms with van der Waals surface area (Å²) < 4.78 is 19.0. The number of carbonyl (C=O) groups is 2. The molecule has 1 N–H and O–H groups in total. The molecule has 0 aliphatic carbocycles. The molecule has 5 nitrogen and oxygen atoms in total. The first-order chi connectivity index (χ1) is 9.49. The molecule has 1 heterocycles. The molecule has 0 saturated heterocycles. The standard InChI is InChI=1S/C14H10FNO4/c1-8(17)9-4-5-11(10(15)7-9)20-12-3-2-6-16-13(12)14(18)19/h2-7H,1H3,(H,18,19). The van der Waals surface area contributed by atoms with Crippen molar-refractivity contribution in [3.8, 4) is 11.5 Å². The number of hydrogen-bond donors (Lipinski definition) is 1. The third-order valence-electron chi connectivity index (χ3n) is 2.53. The minimum absolute atomic E-state index is 0.0746.